The van der Waals surface area contributed by atoms with Crippen LogP contribution in [0.4, 0.5) is 10.5 Å². The van der Waals surface area contributed by atoms with E-state index in [-0.39, 0.29) is 5.69 Å². The molecule has 0 fully saturated rings. The summed E-state index contributed by atoms with van der Waals surface area (Å²) in [7, 11) is 1.61. The Morgan fingerprint density at radius 1 is 1.35 bits per heavy atom. The van der Waals surface area contributed by atoms with E-state index in [9.17, 15) is 14.9 Å². The monoisotopic (exact) mass is 280 g/mol. The van der Waals surface area contributed by atoms with Crippen LogP contribution in [0, 0.1) is 10.1 Å². The molecule has 0 bridgehead atoms. The molecule has 1 aromatic rings. The number of likely N-dealkylation sites (N-methyl/N-ethyl adjacent to an activating group) is 1. The summed E-state index contributed by atoms with van der Waals surface area (Å²) in [6, 6.07) is 6.53. The molecule has 0 aromatic heterocycles. The molecule has 110 valence electrons. The van der Waals surface area contributed by atoms with Crippen LogP contribution in [0.15, 0.2) is 24.3 Å². The van der Waals surface area contributed by atoms with Gasteiger partial charge >= 0.3 is 6.09 Å². The van der Waals surface area contributed by atoms with Gasteiger partial charge in [-0.1, -0.05) is 18.2 Å². The minimum Gasteiger partial charge on any atom is -0.444 e. The van der Waals surface area contributed by atoms with Crippen LogP contribution in [0.5, 0.6) is 0 Å². The molecule has 1 amide bonds. The Bertz CT molecular complexity index is 494. The number of para-hydroxylation sites is 1. The van der Waals surface area contributed by atoms with Crippen LogP contribution < -0.4 is 0 Å². The number of hydrogen-bond donors (Lipinski definition) is 0. The molecular formula is C14H20N2O4. The number of nitro groups is 1. The molecule has 0 heterocycles. The maximum absolute atomic E-state index is 11.8. The van der Waals surface area contributed by atoms with Gasteiger partial charge in [0.15, 0.2) is 0 Å². The summed E-state index contributed by atoms with van der Waals surface area (Å²) < 4.78 is 5.22. The van der Waals surface area contributed by atoms with Gasteiger partial charge in [0, 0.05) is 25.2 Å². The molecule has 6 heteroatoms. The van der Waals surface area contributed by atoms with Crippen LogP contribution in [0.1, 0.15) is 26.3 Å². The Labute approximate surface area is 118 Å². The second kappa shape index (κ2) is 6.36. The van der Waals surface area contributed by atoms with Crippen molar-refractivity contribution in [3.8, 4) is 0 Å². The number of hydrogen-bond acceptors (Lipinski definition) is 4. The Balaban J connectivity index is 2.64. The summed E-state index contributed by atoms with van der Waals surface area (Å²) in [5, 5.41) is 10.9. The molecule has 0 radical (unpaired) electrons. The quantitative estimate of drug-likeness (QED) is 0.627. The smallest absolute Gasteiger partial charge is 0.410 e. The number of rotatable bonds is 4. The highest BCUT2D eigenvalue weighted by Gasteiger charge is 2.20. The Morgan fingerprint density at radius 2 is 1.95 bits per heavy atom. The fraction of sp³-hybridized carbons (Fsp3) is 0.500. The van der Waals surface area contributed by atoms with Crippen molar-refractivity contribution >= 4 is 11.8 Å². The standard InChI is InChI=1S/C14H20N2O4/c1-14(2,3)20-13(17)15(4)10-9-11-7-5-6-8-12(11)16(18)19/h5-8H,9-10H2,1-4H3. The van der Waals surface area contributed by atoms with E-state index in [0.29, 0.717) is 18.5 Å². The number of benzene rings is 1. The van der Waals surface area contributed by atoms with Crippen molar-refractivity contribution in [1.29, 1.82) is 0 Å². The van der Waals surface area contributed by atoms with Gasteiger partial charge in [-0.3, -0.25) is 10.1 Å². The number of carbonyl (C=O) groups excluding carboxylic acids is 1. The topological polar surface area (TPSA) is 72.7 Å². The molecule has 6 nitrogen and oxygen atoms in total. The first-order valence-corrected chi connectivity index (χ1v) is 6.37. The summed E-state index contributed by atoms with van der Waals surface area (Å²) in [6.07, 6.45) is -0.0246. The predicted molar refractivity (Wildman–Crippen MR) is 75.7 cm³/mol. The van der Waals surface area contributed by atoms with E-state index in [1.165, 1.54) is 11.0 Å². The van der Waals surface area contributed by atoms with Gasteiger partial charge in [-0.2, -0.15) is 0 Å². The average Bonchev–Trinajstić information content (AvgIpc) is 2.34. The van der Waals surface area contributed by atoms with Crippen LogP contribution in [0.25, 0.3) is 0 Å². The zero-order valence-electron chi connectivity index (χ0n) is 12.3. The second-order valence-electron chi connectivity index (χ2n) is 5.54. The third-order valence-corrected chi connectivity index (χ3v) is 2.61. The Hall–Kier alpha value is -2.11. The van der Waals surface area contributed by atoms with Crippen molar-refractivity contribution < 1.29 is 14.5 Å². The molecule has 0 aliphatic heterocycles. The molecule has 0 saturated heterocycles. The lowest BCUT2D eigenvalue weighted by Crippen LogP contribution is -2.35. The van der Waals surface area contributed by atoms with Gasteiger partial charge in [-0.05, 0) is 27.2 Å². The van der Waals surface area contributed by atoms with Gasteiger partial charge < -0.3 is 9.64 Å². The van der Waals surface area contributed by atoms with E-state index in [2.05, 4.69) is 0 Å². The lowest BCUT2D eigenvalue weighted by molar-refractivity contribution is -0.385. The molecule has 0 aliphatic carbocycles. The third-order valence-electron chi connectivity index (χ3n) is 2.61. The van der Waals surface area contributed by atoms with Crippen molar-refractivity contribution in [2.45, 2.75) is 32.8 Å². The van der Waals surface area contributed by atoms with Gasteiger partial charge in [0.2, 0.25) is 0 Å². The minimum atomic E-state index is -0.552. The highest BCUT2D eigenvalue weighted by atomic mass is 16.6. The first-order valence-electron chi connectivity index (χ1n) is 6.37. The van der Waals surface area contributed by atoms with E-state index in [4.69, 9.17) is 4.74 Å². The molecular weight excluding hydrogens is 260 g/mol. The number of carbonyl (C=O) groups is 1. The van der Waals surface area contributed by atoms with E-state index in [0.717, 1.165) is 0 Å². The summed E-state index contributed by atoms with van der Waals surface area (Å²) in [5.74, 6) is 0. The summed E-state index contributed by atoms with van der Waals surface area (Å²) in [6.45, 7) is 5.74. The van der Waals surface area contributed by atoms with Gasteiger partial charge in [0.1, 0.15) is 5.60 Å². The Kier molecular flexibility index (Phi) is 5.07. The lowest BCUT2D eigenvalue weighted by atomic mass is 10.1. The first kappa shape index (κ1) is 15.9. The molecule has 20 heavy (non-hydrogen) atoms. The molecule has 0 atom stereocenters. The highest BCUT2D eigenvalue weighted by molar-refractivity contribution is 5.67. The molecule has 1 aromatic carbocycles. The Morgan fingerprint density at radius 3 is 2.50 bits per heavy atom. The SMILES string of the molecule is CN(CCc1ccccc1[N+](=O)[O-])C(=O)OC(C)(C)C. The fourth-order valence-corrected chi connectivity index (χ4v) is 1.62. The first-order chi connectivity index (χ1) is 9.20. The van der Waals surface area contributed by atoms with Gasteiger partial charge in [0.05, 0.1) is 4.92 Å². The van der Waals surface area contributed by atoms with Crippen molar-refractivity contribution in [1.82, 2.24) is 4.90 Å². The summed E-state index contributed by atoms with van der Waals surface area (Å²) in [5.41, 5.74) is 0.127. The van der Waals surface area contributed by atoms with Crippen LogP contribution in [0.3, 0.4) is 0 Å². The van der Waals surface area contributed by atoms with Crippen molar-refractivity contribution in [2.24, 2.45) is 0 Å². The van der Waals surface area contributed by atoms with Gasteiger partial charge in [-0.15, -0.1) is 0 Å². The number of amides is 1. The summed E-state index contributed by atoms with van der Waals surface area (Å²) in [4.78, 5) is 23.7. The second-order valence-corrected chi connectivity index (χ2v) is 5.54. The largest absolute Gasteiger partial charge is 0.444 e. The maximum atomic E-state index is 11.8. The molecule has 0 spiro atoms. The molecule has 0 saturated carbocycles. The average molecular weight is 280 g/mol. The zero-order chi connectivity index (χ0) is 15.3. The third kappa shape index (κ3) is 4.87. The van der Waals surface area contributed by atoms with E-state index in [1.807, 2.05) is 0 Å². The maximum Gasteiger partial charge on any atom is 0.410 e. The molecule has 0 unspecified atom stereocenters. The van der Waals surface area contributed by atoms with Crippen LogP contribution >= 0.6 is 0 Å². The highest BCUT2D eigenvalue weighted by Crippen LogP contribution is 2.18. The predicted octanol–water partition coefficient (Wildman–Crippen LogP) is 3.00. The van der Waals surface area contributed by atoms with Crippen LogP contribution in [-0.2, 0) is 11.2 Å². The molecule has 0 N–H and O–H groups in total. The normalized spacial score (nSPS) is 11.0. The van der Waals surface area contributed by atoms with Gasteiger partial charge in [0.25, 0.3) is 5.69 Å². The van der Waals surface area contributed by atoms with E-state index in [1.54, 1.807) is 46.0 Å². The molecule has 0 aliphatic rings. The summed E-state index contributed by atoms with van der Waals surface area (Å²) >= 11 is 0. The zero-order valence-corrected chi connectivity index (χ0v) is 12.3. The number of nitrogens with zero attached hydrogens (tertiary/aromatic N) is 2. The van der Waals surface area contributed by atoms with Gasteiger partial charge in [-0.25, -0.2) is 4.79 Å². The lowest BCUT2D eigenvalue weighted by Gasteiger charge is -2.24. The van der Waals surface area contributed by atoms with E-state index < -0.39 is 16.6 Å². The van der Waals surface area contributed by atoms with Crippen molar-refractivity contribution in [3.05, 3.63) is 39.9 Å². The fourth-order valence-electron chi connectivity index (χ4n) is 1.62. The number of ether oxygens (including phenoxy) is 1. The van der Waals surface area contributed by atoms with E-state index >= 15 is 0 Å². The minimum absolute atomic E-state index is 0.0742. The number of nitro benzene ring substituents is 1. The van der Waals surface area contributed by atoms with Crippen LogP contribution in [-0.4, -0.2) is 35.1 Å². The van der Waals surface area contributed by atoms with Crippen molar-refractivity contribution in [3.63, 3.8) is 0 Å². The molecule has 1 rings (SSSR count). The van der Waals surface area contributed by atoms with Crippen LogP contribution in [0.2, 0.25) is 0 Å². The van der Waals surface area contributed by atoms with Crippen molar-refractivity contribution in [2.75, 3.05) is 13.6 Å².